The number of aromatic nitrogens is 2. The first-order chi connectivity index (χ1) is 13.1. The molecule has 0 aliphatic heterocycles. The van der Waals surface area contributed by atoms with Gasteiger partial charge in [-0.1, -0.05) is 41.9 Å². The first kappa shape index (κ1) is 17.3. The van der Waals surface area contributed by atoms with E-state index in [0.717, 1.165) is 28.0 Å². The number of nitrogens with one attached hydrogen (secondary N) is 2. The summed E-state index contributed by atoms with van der Waals surface area (Å²) >= 11 is 6.06. The molecule has 4 nitrogen and oxygen atoms in total. The molecule has 0 unspecified atom stereocenters. The van der Waals surface area contributed by atoms with Gasteiger partial charge < -0.3 is 5.11 Å². The molecule has 0 saturated heterocycles. The van der Waals surface area contributed by atoms with Crippen molar-refractivity contribution in [3.05, 3.63) is 94.8 Å². The number of phenols is 1. The van der Waals surface area contributed by atoms with E-state index in [1.165, 1.54) is 0 Å². The molecule has 0 fully saturated rings. The second kappa shape index (κ2) is 7.25. The highest BCUT2D eigenvalue weighted by atomic mass is 35.5. The topological polar surface area (TPSA) is 59.3 Å². The Morgan fingerprint density at radius 2 is 1.78 bits per heavy atom. The van der Waals surface area contributed by atoms with Crippen LogP contribution in [0.25, 0.3) is 10.9 Å². The van der Waals surface area contributed by atoms with Crippen LogP contribution in [-0.2, 0) is 0 Å². The number of benzene rings is 2. The lowest BCUT2D eigenvalue weighted by Crippen LogP contribution is -2.18. The molecule has 0 bridgehead atoms. The average Bonchev–Trinajstić information content (AvgIpc) is 2.69. The SMILES string of the molecule is Cc1ccc2ccc([C@H](Nc3cccc[nH+]3)c3ccc(Cl)cc3)c(O)c2n1. The van der Waals surface area contributed by atoms with Gasteiger partial charge in [-0.25, -0.2) is 9.97 Å². The summed E-state index contributed by atoms with van der Waals surface area (Å²) in [6.07, 6.45) is 1.85. The largest absolute Gasteiger partial charge is 0.505 e. The molecule has 1 atom stereocenters. The van der Waals surface area contributed by atoms with Crippen LogP contribution < -0.4 is 10.3 Å². The number of pyridine rings is 2. The highest BCUT2D eigenvalue weighted by molar-refractivity contribution is 6.30. The normalized spacial score (nSPS) is 12.1. The van der Waals surface area contributed by atoms with Gasteiger partial charge >= 0.3 is 0 Å². The molecule has 2 heterocycles. The number of halogens is 1. The Morgan fingerprint density at radius 3 is 2.52 bits per heavy atom. The summed E-state index contributed by atoms with van der Waals surface area (Å²) in [5, 5.41) is 16.0. The van der Waals surface area contributed by atoms with Gasteiger partial charge in [-0.05, 0) is 37.3 Å². The molecule has 27 heavy (non-hydrogen) atoms. The van der Waals surface area contributed by atoms with E-state index >= 15 is 0 Å². The second-order valence-corrected chi connectivity index (χ2v) is 6.87. The first-order valence-electron chi connectivity index (χ1n) is 8.70. The number of fused-ring (bicyclic) bond motifs is 1. The molecule has 0 saturated carbocycles. The van der Waals surface area contributed by atoms with Gasteiger partial charge in [-0.3, -0.25) is 5.32 Å². The Labute approximate surface area is 162 Å². The summed E-state index contributed by atoms with van der Waals surface area (Å²) in [4.78, 5) is 7.71. The van der Waals surface area contributed by atoms with E-state index in [0.29, 0.717) is 10.5 Å². The third kappa shape index (κ3) is 3.57. The smallest absolute Gasteiger partial charge is 0.272 e. The number of nitrogens with zero attached hydrogens (tertiary/aromatic N) is 1. The lowest BCUT2D eigenvalue weighted by atomic mass is 9.96. The van der Waals surface area contributed by atoms with Crippen LogP contribution in [0, 0.1) is 6.92 Å². The lowest BCUT2D eigenvalue weighted by molar-refractivity contribution is -0.361. The number of aromatic amines is 1. The number of hydrogen-bond acceptors (Lipinski definition) is 3. The van der Waals surface area contributed by atoms with Crippen molar-refractivity contribution in [3.8, 4) is 5.75 Å². The summed E-state index contributed by atoms with van der Waals surface area (Å²) < 4.78 is 0. The van der Waals surface area contributed by atoms with Gasteiger partial charge in [0.05, 0.1) is 6.20 Å². The van der Waals surface area contributed by atoms with Crippen molar-refractivity contribution >= 4 is 28.3 Å². The molecule has 2 aromatic carbocycles. The number of phenolic OH excluding ortho intramolecular Hbond substituents is 1. The first-order valence-corrected chi connectivity index (χ1v) is 9.07. The number of rotatable bonds is 4. The van der Waals surface area contributed by atoms with Crippen LogP contribution in [0.4, 0.5) is 5.82 Å². The monoisotopic (exact) mass is 376 g/mol. The summed E-state index contributed by atoms with van der Waals surface area (Å²) in [5.74, 6) is 1.02. The Hall–Kier alpha value is -3.11. The van der Waals surface area contributed by atoms with Crippen molar-refractivity contribution in [1.29, 1.82) is 0 Å². The van der Waals surface area contributed by atoms with Gasteiger partial charge in [0.1, 0.15) is 17.3 Å². The van der Waals surface area contributed by atoms with Crippen molar-refractivity contribution in [1.82, 2.24) is 4.98 Å². The van der Waals surface area contributed by atoms with Gasteiger partial charge in [-0.15, -0.1) is 0 Å². The maximum Gasteiger partial charge on any atom is 0.272 e. The molecule has 2 aromatic heterocycles. The standard InChI is InChI=1S/C22H18ClN3O/c1-14-5-6-16-9-12-18(22(27)21(16)25-14)20(15-7-10-17(23)11-8-15)26-19-4-2-3-13-24-19/h2-13,20,27H,1H3,(H,24,26)/p+1/t20-/m1/s1. The van der Waals surface area contributed by atoms with Gasteiger partial charge in [0.15, 0.2) is 0 Å². The van der Waals surface area contributed by atoms with E-state index in [1.807, 2.05) is 79.9 Å². The fourth-order valence-electron chi connectivity index (χ4n) is 3.15. The zero-order valence-corrected chi connectivity index (χ0v) is 15.5. The minimum atomic E-state index is -0.271. The minimum Gasteiger partial charge on any atom is -0.505 e. The highest BCUT2D eigenvalue weighted by Crippen LogP contribution is 2.36. The van der Waals surface area contributed by atoms with E-state index < -0.39 is 0 Å². The van der Waals surface area contributed by atoms with Crippen LogP contribution in [0.15, 0.2) is 72.9 Å². The van der Waals surface area contributed by atoms with Crippen molar-refractivity contribution in [3.63, 3.8) is 0 Å². The Kier molecular flexibility index (Phi) is 4.65. The molecular weight excluding hydrogens is 358 g/mol. The van der Waals surface area contributed by atoms with Crippen LogP contribution >= 0.6 is 11.6 Å². The summed E-state index contributed by atoms with van der Waals surface area (Å²) in [5.41, 5.74) is 3.20. The molecule has 0 aliphatic carbocycles. The molecule has 4 aromatic rings. The van der Waals surface area contributed by atoms with E-state index in [1.54, 1.807) is 0 Å². The van der Waals surface area contributed by atoms with Crippen LogP contribution in [0.3, 0.4) is 0 Å². The summed E-state index contributed by atoms with van der Waals surface area (Å²) in [6, 6.07) is 21.0. The van der Waals surface area contributed by atoms with Crippen LogP contribution in [0.1, 0.15) is 22.9 Å². The Bertz CT molecular complexity index is 1080. The average molecular weight is 377 g/mol. The molecule has 3 N–H and O–H groups in total. The highest BCUT2D eigenvalue weighted by Gasteiger charge is 2.24. The number of H-pyrrole nitrogens is 1. The lowest BCUT2D eigenvalue weighted by Gasteiger charge is -2.18. The molecule has 0 aliphatic rings. The van der Waals surface area contributed by atoms with E-state index in [4.69, 9.17) is 11.6 Å². The van der Waals surface area contributed by atoms with E-state index in [9.17, 15) is 5.11 Å². The molecule has 0 spiro atoms. The van der Waals surface area contributed by atoms with E-state index in [-0.39, 0.29) is 11.8 Å². The van der Waals surface area contributed by atoms with Crippen molar-refractivity contribution < 1.29 is 10.1 Å². The van der Waals surface area contributed by atoms with Crippen molar-refractivity contribution in [2.24, 2.45) is 0 Å². The third-order valence-corrected chi connectivity index (χ3v) is 4.78. The van der Waals surface area contributed by atoms with Crippen molar-refractivity contribution in [2.45, 2.75) is 13.0 Å². The fourth-order valence-corrected chi connectivity index (χ4v) is 3.28. The molecular formula is C22H19ClN3O+. The maximum absolute atomic E-state index is 11.0. The number of anilines is 1. The minimum absolute atomic E-state index is 0.180. The summed E-state index contributed by atoms with van der Waals surface area (Å²) in [7, 11) is 0. The zero-order chi connectivity index (χ0) is 18.8. The Balaban J connectivity index is 1.86. The van der Waals surface area contributed by atoms with Crippen molar-refractivity contribution in [2.75, 3.05) is 5.32 Å². The van der Waals surface area contributed by atoms with Gasteiger partial charge in [0.25, 0.3) is 5.82 Å². The molecule has 5 heteroatoms. The zero-order valence-electron chi connectivity index (χ0n) is 14.8. The Morgan fingerprint density at radius 1 is 1.00 bits per heavy atom. The third-order valence-electron chi connectivity index (χ3n) is 4.53. The fraction of sp³-hybridized carbons (Fsp3) is 0.0909. The number of aromatic hydroxyl groups is 1. The second-order valence-electron chi connectivity index (χ2n) is 6.43. The van der Waals surface area contributed by atoms with Gasteiger partial charge in [0, 0.05) is 33.3 Å². The van der Waals surface area contributed by atoms with Crippen LogP contribution in [-0.4, -0.2) is 10.1 Å². The van der Waals surface area contributed by atoms with Gasteiger partial charge in [0.2, 0.25) is 0 Å². The van der Waals surface area contributed by atoms with Crippen LogP contribution in [0.5, 0.6) is 5.75 Å². The van der Waals surface area contributed by atoms with E-state index in [2.05, 4.69) is 15.3 Å². The van der Waals surface area contributed by atoms with Gasteiger partial charge in [-0.2, -0.15) is 0 Å². The molecule has 0 amide bonds. The van der Waals surface area contributed by atoms with Crippen LogP contribution in [0.2, 0.25) is 5.02 Å². The number of aryl methyl sites for hydroxylation is 1. The number of hydrogen-bond donors (Lipinski definition) is 2. The summed E-state index contributed by atoms with van der Waals surface area (Å²) in [6.45, 7) is 1.92. The predicted molar refractivity (Wildman–Crippen MR) is 108 cm³/mol. The maximum atomic E-state index is 11.0. The quantitative estimate of drug-likeness (QED) is 0.531. The molecule has 134 valence electrons. The molecule has 4 rings (SSSR count). The molecule has 0 radical (unpaired) electrons. The predicted octanol–water partition coefficient (Wildman–Crippen LogP) is 4.92.